The van der Waals surface area contributed by atoms with Gasteiger partial charge >= 0.3 is 0 Å². The summed E-state index contributed by atoms with van der Waals surface area (Å²) in [6.45, 7) is 1.01. The minimum Gasteiger partial charge on any atom is -0.334 e. The molecule has 0 spiro atoms. The molecule has 1 heterocycles. The molecule has 0 saturated heterocycles. The van der Waals surface area contributed by atoms with E-state index in [-0.39, 0.29) is 5.54 Å². The Balaban J connectivity index is 1.68. The van der Waals surface area contributed by atoms with Crippen LogP contribution in [0.3, 0.4) is 0 Å². The van der Waals surface area contributed by atoms with Crippen LogP contribution in [0.2, 0.25) is 0 Å². The number of hydrogen-bond acceptors (Lipinski definition) is 3. The molecule has 0 radical (unpaired) electrons. The molecule has 2 aliphatic carbocycles. The molecule has 1 N–H and O–H groups in total. The lowest BCUT2D eigenvalue weighted by Gasteiger charge is -2.28. The zero-order valence-electron chi connectivity index (χ0n) is 12.4. The fraction of sp³-hybridized carbons (Fsp3) is 0.750. The summed E-state index contributed by atoms with van der Waals surface area (Å²) in [4.78, 5) is 4.56. The van der Waals surface area contributed by atoms with Crippen molar-refractivity contribution in [1.82, 2.24) is 14.9 Å². The van der Waals surface area contributed by atoms with Crippen molar-refractivity contribution in [2.24, 2.45) is 5.92 Å². The molecule has 108 valence electrons. The smallest absolute Gasteiger partial charge is 0.109 e. The minimum absolute atomic E-state index is 0.291. The molecule has 1 aromatic heterocycles. The van der Waals surface area contributed by atoms with Crippen LogP contribution in [0, 0.1) is 17.2 Å². The number of nitriles is 1. The Hall–Kier alpha value is -1.34. The lowest BCUT2D eigenvalue weighted by atomic mass is 9.86. The fourth-order valence-corrected chi connectivity index (χ4v) is 4.02. The summed E-state index contributed by atoms with van der Waals surface area (Å²) in [6.07, 6.45) is 11.3. The summed E-state index contributed by atoms with van der Waals surface area (Å²) in [5.74, 6) is 0.471. The number of imidazole rings is 1. The van der Waals surface area contributed by atoms with Gasteiger partial charge in [0.2, 0.25) is 0 Å². The Labute approximate surface area is 121 Å². The number of rotatable bonds is 4. The zero-order valence-corrected chi connectivity index (χ0v) is 12.4. The van der Waals surface area contributed by atoms with Crippen molar-refractivity contribution < 1.29 is 0 Å². The SMILES string of the molecule is CNC1(C#N)CCCC1CCn1cnc2c1CCCC2. The molecule has 2 unspecified atom stereocenters. The maximum Gasteiger partial charge on any atom is 0.109 e. The van der Waals surface area contributed by atoms with Gasteiger partial charge in [-0.05, 0) is 57.9 Å². The highest BCUT2D eigenvalue weighted by Crippen LogP contribution is 2.37. The molecular weight excluding hydrogens is 248 g/mol. The quantitative estimate of drug-likeness (QED) is 0.916. The lowest BCUT2D eigenvalue weighted by molar-refractivity contribution is 0.306. The van der Waals surface area contributed by atoms with Crippen molar-refractivity contribution in [3.8, 4) is 6.07 Å². The van der Waals surface area contributed by atoms with Gasteiger partial charge in [-0.2, -0.15) is 5.26 Å². The molecular formula is C16H24N4. The number of aryl methyl sites for hydroxylation is 2. The normalized spacial score (nSPS) is 29.1. The van der Waals surface area contributed by atoms with Crippen LogP contribution in [0.15, 0.2) is 6.33 Å². The molecule has 4 heteroatoms. The second-order valence-electron chi connectivity index (χ2n) is 6.25. The molecule has 1 saturated carbocycles. The third kappa shape index (κ3) is 2.25. The van der Waals surface area contributed by atoms with Gasteiger partial charge in [-0.3, -0.25) is 0 Å². The third-order valence-electron chi connectivity index (χ3n) is 5.29. The second kappa shape index (κ2) is 5.57. The topological polar surface area (TPSA) is 53.6 Å². The van der Waals surface area contributed by atoms with E-state index in [0.717, 1.165) is 25.8 Å². The molecule has 20 heavy (non-hydrogen) atoms. The first-order valence-corrected chi connectivity index (χ1v) is 7.92. The standard InChI is InChI=1S/C16H24N4/c1-18-16(11-17)9-4-5-13(16)8-10-20-12-19-14-6-2-3-7-15(14)20/h12-13,18H,2-10H2,1H3. The van der Waals surface area contributed by atoms with Crippen molar-refractivity contribution in [2.75, 3.05) is 7.05 Å². The monoisotopic (exact) mass is 272 g/mol. The zero-order chi connectivity index (χ0) is 14.0. The van der Waals surface area contributed by atoms with E-state index in [1.807, 2.05) is 13.4 Å². The molecule has 0 aliphatic heterocycles. The lowest BCUT2D eigenvalue weighted by Crippen LogP contribution is -2.45. The van der Waals surface area contributed by atoms with Crippen LogP contribution in [0.5, 0.6) is 0 Å². The van der Waals surface area contributed by atoms with E-state index in [4.69, 9.17) is 0 Å². The molecule has 2 aliphatic rings. The van der Waals surface area contributed by atoms with E-state index in [1.54, 1.807) is 0 Å². The van der Waals surface area contributed by atoms with Crippen LogP contribution in [0.4, 0.5) is 0 Å². The van der Waals surface area contributed by atoms with Crippen LogP contribution in [-0.2, 0) is 19.4 Å². The highest BCUT2D eigenvalue weighted by Gasteiger charge is 2.41. The summed E-state index contributed by atoms with van der Waals surface area (Å²) in [7, 11) is 1.93. The van der Waals surface area contributed by atoms with Crippen molar-refractivity contribution in [1.29, 1.82) is 5.26 Å². The summed E-state index contributed by atoms with van der Waals surface area (Å²) < 4.78 is 2.34. The van der Waals surface area contributed by atoms with Crippen LogP contribution in [0.25, 0.3) is 0 Å². The molecule has 2 atom stereocenters. The van der Waals surface area contributed by atoms with Crippen LogP contribution in [0.1, 0.15) is 49.9 Å². The fourth-order valence-electron chi connectivity index (χ4n) is 4.02. The summed E-state index contributed by atoms with van der Waals surface area (Å²) >= 11 is 0. The van der Waals surface area contributed by atoms with E-state index in [0.29, 0.717) is 5.92 Å². The van der Waals surface area contributed by atoms with E-state index in [9.17, 15) is 5.26 Å². The van der Waals surface area contributed by atoms with Crippen LogP contribution >= 0.6 is 0 Å². The summed E-state index contributed by atoms with van der Waals surface area (Å²) in [5.41, 5.74) is 2.46. The molecule has 1 aromatic rings. The summed E-state index contributed by atoms with van der Waals surface area (Å²) in [6, 6.07) is 2.53. The van der Waals surface area contributed by atoms with Gasteiger partial charge in [0.25, 0.3) is 0 Å². The van der Waals surface area contributed by atoms with Crippen molar-refractivity contribution in [3.63, 3.8) is 0 Å². The van der Waals surface area contributed by atoms with E-state index < -0.39 is 0 Å². The van der Waals surface area contributed by atoms with Crippen LogP contribution < -0.4 is 5.32 Å². The molecule has 1 fully saturated rings. The van der Waals surface area contributed by atoms with Gasteiger partial charge in [-0.25, -0.2) is 4.98 Å². The Morgan fingerprint density at radius 2 is 2.30 bits per heavy atom. The van der Waals surface area contributed by atoms with E-state index >= 15 is 0 Å². The first-order valence-electron chi connectivity index (χ1n) is 7.92. The van der Waals surface area contributed by atoms with Gasteiger partial charge in [-0.15, -0.1) is 0 Å². The maximum atomic E-state index is 9.50. The Morgan fingerprint density at radius 3 is 3.10 bits per heavy atom. The predicted octanol–water partition coefficient (Wildman–Crippen LogP) is 2.43. The minimum atomic E-state index is -0.291. The highest BCUT2D eigenvalue weighted by atomic mass is 15.1. The van der Waals surface area contributed by atoms with Gasteiger partial charge in [0.1, 0.15) is 5.54 Å². The van der Waals surface area contributed by atoms with Crippen molar-refractivity contribution in [3.05, 3.63) is 17.7 Å². The van der Waals surface area contributed by atoms with E-state index in [1.165, 1.54) is 43.5 Å². The average Bonchev–Trinajstić information content (AvgIpc) is 3.09. The number of hydrogen-bond donors (Lipinski definition) is 1. The van der Waals surface area contributed by atoms with Gasteiger partial charge in [-0.1, -0.05) is 6.42 Å². The molecule has 0 aromatic carbocycles. The Morgan fingerprint density at radius 1 is 1.45 bits per heavy atom. The molecule has 0 bridgehead atoms. The molecule has 0 amide bonds. The van der Waals surface area contributed by atoms with Crippen molar-refractivity contribution in [2.45, 2.75) is 63.5 Å². The number of nitrogens with one attached hydrogen (secondary N) is 1. The number of fused-ring (bicyclic) bond motifs is 1. The molecule has 3 rings (SSSR count). The number of aromatic nitrogens is 2. The van der Waals surface area contributed by atoms with Gasteiger partial charge in [0.05, 0.1) is 18.1 Å². The first kappa shape index (κ1) is 13.6. The third-order valence-corrected chi connectivity index (χ3v) is 5.29. The second-order valence-corrected chi connectivity index (χ2v) is 6.25. The summed E-state index contributed by atoms with van der Waals surface area (Å²) in [5, 5.41) is 12.8. The van der Waals surface area contributed by atoms with Gasteiger partial charge in [0.15, 0.2) is 0 Å². The van der Waals surface area contributed by atoms with Crippen molar-refractivity contribution >= 4 is 0 Å². The average molecular weight is 272 g/mol. The molecule has 4 nitrogen and oxygen atoms in total. The van der Waals surface area contributed by atoms with E-state index in [2.05, 4.69) is 20.9 Å². The Bertz CT molecular complexity index is 513. The number of nitrogens with zero attached hydrogens (tertiary/aromatic N) is 3. The van der Waals surface area contributed by atoms with Crippen LogP contribution in [-0.4, -0.2) is 22.1 Å². The first-order chi connectivity index (χ1) is 9.79. The maximum absolute atomic E-state index is 9.50. The Kier molecular flexibility index (Phi) is 3.80. The van der Waals surface area contributed by atoms with Gasteiger partial charge < -0.3 is 9.88 Å². The highest BCUT2D eigenvalue weighted by molar-refractivity contribution is 5.17. The largest absolute Gasteiger partial charge is 0.334 e. The van der Waals surface area contributed by atoms with Gasteiger partial charge in [0, 0.05) is 12.2 Å². The predicted molar refractivity (Wildman–Crippen MR) is 78.2 cm³/mol.